The number of allylic oxidation sites excluding steroid dienone is 2. The van der Waals surface area contributed by atoms with Crippen LogP contribution in [0.25, 0.3) is 0 Å². The van der Waals surface area contributed by atoms with Crippen molar-refractivity contribution < 1.29 is 24.5 Å². The monoisotopic (exact) mass is 904 g/mol. The van der Waals surface area contributed by atoms with E-state index in [4.69, 9.17) is 4.74 Å². The highest BCUT2D eigenvalue weighted by molar-refractivity contribution is 5.76. The van der Waals surface area contributed by atoms with Crippen molar-refractivity contribution >= 4 is 11.9 Å². The molecule has 6 nitrogen and oxygen atoms in total. The number of rotatable bonds is 54. The lowest BCUT2D eigenvalue weighted by Crippen LogP contribution is -2.45. The molecule has 0 saturated carbocycles. The second-order valence-electron chi connectivity index (χ2n) is 20.0. The third kappa shape index (κ3) is 50.0. The average molecular weight is 905 g/mol. The third-order valence-corrected chi connectivity index (χ3v) is 13.6. The fourth-order valence-electron chi connectivity index (χ4n) is 9.09. The van der Waals surface area contributed by atoms with E-state index in [9.17, 15) is 19.8 Å². The van der Waals surface area contributed by atoms with Crippen LogP contribution in [0.15, 0.2) is 12.2 Å². The molecule has 0 aromatic carbocycles. The smallest absolute Gasteiger partial charge is 0.305 e. The summed E-state index contributed by atoms with van der Waals surface area (Å²) in [7, 11) is 0. The normalized spacial score (nSPS) is 12.6. The van der Waals surface area contributed by atoms with E-state index in [0.717, 1.165) is 44.9 Å². The molecule has 0 bridgehead atoms. The molecule has 0 radical (unpaired) electrons. The fraction of sp³-hybridized carbons (Fsp3) is 0.931. The van der Waals surface area contributed by atoms with Gasteiger partial charge in [0.15, 0.2) is 0 Å². The van der Waals surface area contributed by atoms with E-state index in [1.807, 2.05) is 0 Å². The molecule has 64 heavy (non-hydrogen) atoms. The minimum Gasteiger partial charge on any atom is -0.466 e. The predicted octanol–water partition coefficient (Wildman–Crippen LogP) is 17.7. The summed E-state index contributed by atoms with van der Waals surface area (Å²) in [6, 6.07) is -0.541. The van der Waals surface area contributed by atoms with Crippen LogP contribution in [-0.4, -0.2) is 47.4 Å². The summed E-state index contributed by atoms with van der Waals surface area (Å²) < 4.78 is 5.45. The fourth-order valence-corrected chi connectivity index (χ4v) is 9.09. The molecule has 0 saturated heterocycles. The Morgan fingerprint density at radius 1 is 0.422 bits per heavy atom. The van der Waals surface area contributed by atoms with E-state index in [1.54, 1.807) is 0 Å². The van der Waals surface area contributed by atoms with Gasteiger partial charge in [0.05, 0.1) is 25.4 Å². The Morgan fingerprint density at radius 2 is 0.750 bits per heavy atom. The molecular weight excluding hydrogens is 791 g/mol. The molecule has 0 aliphatic carbocycles. The second-order valence-corrected chi connectivity index (χ2v) is 20.0. The SMILES string of the molecule is CCCC/C=C\CCCCCCCC(=O)OCCCCCCCCCCCCCCCCCCCCCCCC(=O)NC(CO)C(O)CCCCCCCCCCCCCCCCC. The zero-order valence-electron chi connectivity index (χ0n) is 43.3. The highest BCUT2D eigenvalue weighted by Crippen LogP contribution is 2.18. The molecule has 0 aromatic heterocycles. The van der Waals surface area contributed by atoms with Crippen LogP contribution in [0.5, 0.6) is 0 Å². The van der Waals surface area contributed by atoms with Crippen LogP contribution in [0.4, 0.5) is 0 Å². The van der Waals surface area contributed by atoms with Crippen molar-refractivity contribution in [3.63, 3.8) is 0 Å². The van der Waals surface area contributed by atoms with Crippen LogP contribution in [-0.2, 0) is 14.3 Å². The molecule has 0 heterocycles. The molecular formula is C58H113NO5. The van der Waals surface area contributed by atoms with Gasteiger partial charge in [0.2, 0.25) is 5.91 Å². The molecule has 6 heteroatoms. The minimum atomic E-state index is -0.664. The number of unbranched alkanes of at least 4 members (excludes halogenated alkanes) is 41. The van der Waals surface area contributed by atoms with Crippen LogP contribution in [0.3, 0.4) is 0 Å². The maximum absolute atomic E-state index is 12.5. The first-order valence-electron chi connectivity index (χ1n) is 28.9. The summed E-state index contributed by atoms with van der Waals surface area (Å²) >= 11 is 0. The summed E-state index contributed by atoms with van der Waals surface area (Å²) in [6.07, 6.45) is 63.5. The first-order valence-corrected chi connectivity index (χ1v) is 28.9. The number of carbonyl (C=O) groups excluding carboxylic acids is 2. The topological polar surface area (TPSA) is 95.9 Å². The Labute approximate surface area is 399 Å². The summed E-state index contributed by atoms with van der Waals surface area (Å²) in [5.74, 6) is -0.0327. The Balaban J connectivity index is 3.38. The Morgan fingerprint density at radius 3 is 1.16 bits per heavy atom. The molecule has 3 N–H and O–H groups in total. The van der Waals surface area contributed by atoms with Gasteiger partial charge in [-0.2, -0.15) is 0 Å². The number of aliphatic hydroxyl groups is 2. The van der Waals surface area contributed by atoms with E-state index in [-0.39, 0.29) is 18.5 Å². The van der Waals surface area contributed by atoms with Gasteiger partial charge in [-0.3, -0.25) is 9.59 Å². The molecule has 2 atom stereocenters. The minimum absolute atomic E-state index is 0.00132. The van der Waals surface area contributed by atoms with E-state index in [0.29, 0.717) is 25.9 Å². The lowest BCUT2D eigenvalue weighted by atomic mass is 10.0. The molecule has 0 fully saturated rings. The van der Waals surface area contributed by atoms with Gasteiger partial charge in [-0.15, -0.1) is 0 Å². The van der Waals surface area contributed by atoms with Crippen LogP contribution in [0.2, 0.25) is 0 Å². The summed E-state index contributed by atoms with van der Waals surface area (Å²) in [5, 5.41) is 23.3. The molecule has 380 valence electrons. The van der Waals surface area contributed by atoms with Gasteiger partial charge in [-0.25, -0.2) is 0 Å². The van der Waals surface area contributed by atoms with E-state index >= 15 is 0 Å². The number of esters is 1. The standard InChI is InChI=1S/C58H113NO5/c1-3-5-7-9-11-13-15-16-24-27-31-34-38-42-46-50-56(61)55(54-60)59-57(62)51-47-43-39-35-32-28-25-22-20-18-17-19-21-23-26-29-33-37-41-45-49-53-64-58(63)52-48-44-40-36-30-14-12-10-8-6-4-2/h10,12,55-56,60-61H,3-9,11,13-54H2,1-2H3,(H,59,62)/b12-10-. The van der Waals surface area contributed by atoms with Crippen molar-refractivity contribution in [3.05, 3.63) is 12.2 Å². The Kier molecular flexibility index (Phi) is 53.0. The molecule has 1 amide bonds. The van der Waals surface area contributed by atoms with Crippen molar-refractivity contribution in [2.24, 2.45) is 0 Å². The lowest BCUT2D eigenvalue weighted by Gasteiger charge is -2.22. The second kappa shape index (κ2) is 54.2. The molecule has 0 spiro atoms. The highest BCUT2D eigenvalue weighted by Gasteiger charge is 2.20. The average Bonchev–Trinajstić information content (AvgIpc) is 3.29. The van der Waals surface area contributed by atoms with Crippen LogP contribution >= 0.6 is 0 Å². The van der Waals surface area contributed by atoms with Gasteiger partial charge in [0, 0.05) is 12.8 Å². The van der Waals surface area contributed by atoms with Gasteiger partial charge in [-0.1, -0.05) is 276 Å². The predicted molar refractivity (Wildman–Crippen MR) is 278 cm³/mol. The van der Waals surface area contributed by atoms with E-state index in [1.165, 1.54) is 244 Å². The summed E-state index contributed by atoms with van der Waals surface area (Å²) in [4.78, 5) is 24.5. The van der Waals surface area contributed by atoms with Gasteiger partial charge >= 0.3 is 5.97 Å². The van der Waals surface area contributed by atoms with Crippen molar-refractivity contribution in [2.45, 2.75) is 334 Å². The van der Waals surface area contributed by atoms with Crippen molar-refractivity contribution in [1.29, 1.82) is 0 Å². The summed E-state index contributed by atoms with van der Waals surface area (Å²) in [6.45, 7) is 4.93. The first-order chi connectivity index (χ1) is 31.5. The maximum Gasteiger partial charge on any atom is 0.305 e. The highest BCUT2D eigenvalue weighted by atomic mass is 16.5. The number of hydrogen-bond acceptors (Lipinski definition) is 5. The number of aliphatic hydroxyl groups excluding tert-OH is 2. The number of amides is 1. The van der Waals surface area contributed by atoms with Gasteiger partial charge in [0.25, 0.3) is 0 Å². The largest absolute Gasteiger partial charge is 0.466 e. The van der Waals surface area contributed by atoms with Crippen LogP contribution in [0, 0.1) is 0 Å². The zero-order chi connectivity index (χ0) is 46.5. The number of nitrogens with one attached hydrogen (secondary N) is 1. The summed E-state index contributed by atoms with van der Waals surface area (Å²) in [5.41, 5.74) is 0. The van der Waals surface area contributed by atoms with Gasteiger partial charge < -0.3 is 20.3 Å². The molecule has 0 aliphatic heterocycles. The van der Waals surface area contributed by atoms with Crippen molar-refractivity contribution in [1.82, 2.24) is 5.32 Å². The van der Waals surface area contributed by atoms with Crippen molar-refractivity contribution in [3.8, 4) is 0 Å². The Hall–Kier alpha value is -1.40. The lowest BCUT2D eigenvalue weighted by molar-refractivity contribution is -0.143. The van der Waals surface area contributed by atoms with Crippen LogP contribution < -0.4 is 5.32 Å². The zero-order valence-corrected chi connectivity index (χ0v) is 43.3. The van der Waals surface area contributed by atoms with Crippen molar-refractivity contribution in [2.75, 3.05) is 13.2 Å². The quantitative estimate of drug-likeness (QED) is 0.0321. The third-order valence-electron chi connectivity index (χ3n) is 13.6. The number of hydrogen-bond donors (Lipinski definition) is 3. The number of carbonyl (C=O) groups is 2. The van der Waals surface area contributed by atoms with Crippen LogP contribution in [0.1, 0.15) is 322 Å². The molecule has 2 unspecified atom stereocenters. The molecule has 0 aliphatic rings. The molecule has 0 aromatic rings. The van der Waals surface area contributed by atoms with E-state index < -0.39 is 12.1 Å². The van der Waals surface area contributed by atoms with Gasteiger partial charge in [-0.05, 0) is 44.9 Å². The van der Waals surface area contributed by atoms with E-state index in [2.05, 4.69) is 31.3 Å². The van der Waals surface area contributed by atoms with Gasteiger partial charge in [0.1, 0.15) is 0 Å². The number of ether oxygens (including phenoxy) is 1. The first kappa shape index (κ1) is 62.6. The maximum atomic E-state index is 12.5. The Bertz CT molecular complexity index is 955. The molecule has 0 rings (SSSR count).